The van der Waals surface area contributed by atoms with Gasteiger partial charge in [0.15, 0.2) is 0 Å². The zero-order chi connectivity index (χ0) is 44.1. The molecule has 6 aromatic rings. The van der Waals surface area contributed by atoms with Gasteiger partial charge in [0.05, 0.1) is 24.2 Å². The monoisotopic (exact) mass is 856 g/mol. The highest BCUT2D eigenvalue weighted by Gasteiger charge is 2.39. The van der Waals surface area contributed by atoms with E-state index in [0.717, 1.165) is 38.5 Å². The quantitative estimate of drug-likeness (QED) is 0.144. The minimum absolute atomic E-state index is 0.179. The largest absolute Gasteiger partial charge is 0.357 e. The lowest BCUT2D eigenvalue weighted by Gasteiger charge is -2.37. The molecule has 0 amide bonds. The van der Waals surface area contributed by atoms with E-state index in [-0.39, 0.29) is 6.04 Å². The molecule has 0 saturated heterocycles. The van der Waals surface area contributed by atoms with Gasteiger partial charge in [0.2, 0.25) is 0 Å². The Morgan fingerprint density at radius 1 is 0.576 bits per heavy atom. The van der Waals surface area contributed by atoms with Gasteiger partial charge in [-0.2, -0.15) is 0 Å². The van der Waals surface area contributed by atoms with Crippen molar-refractivity contribution in [1.82, 2.24) is 4.57 Å². The van der Waals surface area contributed by atoms with Crippen molar-refractivity contribution in [2.75, 3.05) is 14.7 Å². The second-order valence-electron chi connectivity index (χ2n) is 18.8. The third kappa shape index (κ3) is 7.16. The molecule has 12 rings (SSSR count). The Hall–Kier alpha value is -7.30. The van der Waals surface area contributed by atoms with Crippen LogP contribution in [-0.2, 0) is 0 Å². The van der Waals surface area contributed by atoms with Crippen LogP contribution in [0.5, 0.6) is 0 Å². The average Bonchev–Trinajstić information content (AvgIpc) is 3.89. The summed E-state index contributed by atoms with van der Waals surface area (Å²) < 4.78 is 2.53. The molecule has 66 heavy (non-hydrogen) atoms. The first-order valence-electron chi connectivity index (χ1n) is 24.1. The number of anilines is 4. The number of hydrogen-bond acceptors (Lipinski definition) is 3. The van der Waals surface area contributed by atoms with Gasteiger partial charge in [0, 0.05) is 61.5 Å². The molecule has 0 fully saturated rings. The lowest BCUT2D eigenvalue weighted by molar-refractivity contribution is 0.639. The first kappa shape index (κ1) is 40.2. The van der Waals surface area contributed by atoms with Crippen LogP contribution in [-0.4, -0.2) is 22.7 Å². The smallest absolute Gasteiger partial charge is 0.0591 e. The summed E-state index contributed by atoms with van der Waals surface area (Å²) in [7, 11) is 0. The van der Waals surface area contributed by atoms with E-state index in [2.05, 4.69) is 240 Å². The van der Waals surface area contributed by atoms with Crippen LogP contribution in [0.4, 0.5) is 22.7 Å². The van der Waals surface area contributed by atoms with Gasteiger partial charge in [-0.05, 0) is 136 Å². The van der Waals surface area contributed by atoms with Crippen molar-refractivity contribution in [3.05, 3.63) is 246 Å². The highest BCUT2D eigenvalue weighted by molar-refractivity contribution is 6.09. The normalized spacial score (nSPS) is 21.8. The van der Waals surface area contributed by atoms with Gasteiger partial charge in [-0.25, -0.2) is 0 Å². The molecule has 5 aliphatic carbocycles. The van der Waals surface area contributed by atoms with Gasteiger partial charge in [-0.1, -0.05) is 151 Å². The molecular formula is C62H56N4. The fourth-order valence-corrected chi connectivity index (χ4v) is 11.4. The maximum Gasteiger partial charge on any atom is 0.0591 e. The lowest BCUT2D eigenvalue weighted by Crippen LogP contribution is -2.40. The van der Waals surface area contributed by atoms with Gasteiger partial charge in [-0.15, -0.1) is 0 Å². The second kappa shape index (κ2) is 16.9. The van der Waals surface area contributed by atoms with Crippen LogP contribution in [0.1, 0.15) is 61.3 Å². The van der Waals surface area contributed by atoms with Crippen molar-refractivity contribution < 1.29 is 0 Å². The molecule has 6 aliphatic rings. The van der Waals surface area contributed by atoms with Gasteiger partial charge in [0.25, 0.3) is 0 Å². The Morgan fingerprint density at radius 3 is 2.02 bits per heavy atom. The Morgan fingerprint density at radius 2 is 1.29 bits per heavy atom. The molecule has 4 heteroatoms. The van der Waals surface area contributed by atoms with Gasteiger partial charge < -0.3 is 19.3 Å². The lowest BCUT2D eigenvalue weighted by atomic mass is 9.89. The Balaban J connectivity index is 0.844. The highest BCUT2D eigenvalue weighted by atomic mass is 15.2. The Kier molecular flexibility index (Phi) is 10.3. The first-order chi connectivity index (χ1) is 32.6. The number of rotatable bonds is 9. The second-order valence-corrected chi connectivity index (χ2v) is 18.8. The van der Waals surface area contributed by atoms with Crippen molar-refractivity contribution in [3.8, 4) is 0 Å². The van der Waals surface area contributed by atoms with Crippen LogP contribution in [0, 0.1) is 13.8 Å². The summed E-state index contributed by atoms with van der Waals surface area (Å²) in [6, 6.07) is 44.4. The van der Waals surface area contributed by atoms with Gasteiger partial charge in [-0.3, -0.25) is 0 Å². The van der Waals surface area contributed by atoms with Crippen LogP contribution in [0.25, 0.3) is 27.4 Å². The molecule has 4 atom stereocenters. The van der Waals surface area contributed by atoms with Crippen LogP contribution in [0.2, 0.25) is 0 Å². The number of aryl methyl sites for hydroxylation is 2. The predicted molar refractivity (Wildman–Crippen MR) is 279 cm³/mol. The van der Waals surface area contributed by atoms with E-state index in [1.54, 1.807) is 0 Å². The highest BCUT2D eigenvalue weighted by Crippen LogP contribution is 2.48. The molecule has 0 saturated carbocycles. The zero-order valence-electron chi connectivity index (χ0n) is 38.0. The van der Waals surface area contributed by atoms with Crippen molar-refractivity contribution in [2.45, 2.75) is 76.5 Å². The fraction of sp³-hybridized carbons (Fsp3) is 0.194. The van der Waals surface area contributed by atoms with Crippen LogP contribution < -0.4 is 14.7 Å². The summed E-state index contributed by atoms with van der Waals surface area (Å²) in [6.45, 7) is 4.35. The predicted octanol–water partition coefficient (Wildman–Crippen LogP) is 15.4. The third-order valence-electron chi connectivity index (χ3n) is 14.7. The number of aromatic nitrogens is 1. The number of nitrogens with zero attached hydrogens (tertiary/aromatic N) is 4. The van der Waals surface area contributed by atoms with Gasteiger partial charge in [0.1, 0.15) is 0 Å². The first-order valence-corrected chi connectivity index (χ1v) is 24.1. The van der Waals surface area contributed by atoms with Gasteiger partial charge >= 0.3 is 0 Å². The van der Waals surface area contributed by atoms with Crippen LogP contribution >= 0.6 is 0 Å². The minimum atomic E-state index is 0.179. The molecule has 324 valence electrons. The van der Waals surface area contributed by atoms with E-state index in [0.29, 0.717) is 18.1 Å². The molecule has 0 spiro atoms. The maximum absolute atomic E-state index is 2.67. The summed E-state index contributed by atoms with van der Waals surface area (Å²) in [5, 5.41) is 2.61. The molecule has 4 nitrogen and oxygen atoms in total. The number of hydrogen-bond donors (Lipinski definition) is 0. The van der Waals surface area contributed by atoms with E-state index in [1.807, 2.05) is 0 Å². The van der Waals surface area contributed by atoms with E-state index < -0.39 is 0 Å². The fourth-order valence-electron chi connectivity index (χ4n) is 11.4. The molecular weight excluding hydrogens is 801 g/mol. The number of para-hydroxylation sites is 2. The molecule has 0 N–H and O–H groups in total. The molecule has 1 aliphatic heterocycles. The molecule has 1 aromatic heterocycles. The minimum Gasteiger partial charge on any atom is -0.357 e. The number of fused-ring (bicyclic) bond motifs is 6. The summed E-state index contributed by atoms with van der Waals surface area (Å²) >= 11 is 0. The van der Waals surface area contributed by atoms with E-state index >= 15 is 0 Å². The third-order valence-corrected chi connectivity index (χ3v) is 14.7. The van der Waals surface area contributed by atoms with Crippen molar-refractivity contribution in [2.24, 2.45) is 0 Å². The topological polar surface area (TPSA) is 14.7 Å². The van der Waals surface area contributed by atoms with Crippen molar-refractivity contribution in [3.63, 3.8) is 0 Å². The summed E-state index contributed by atoms with van der Waals surface area (Å²) in [6.07, 6.45) is 41.0. The SMILES string of the molecule is Cc1ccc(N(C2=CCC3C(=C2)c2ccccc2N3C2C=CC=CC2)C2=CC=C(C3=CCC(N(c4ccc(C)cc4)c4ccc5c(c4)c4ccccc4n5C4C=CC=CC4)C=C3)CC2)cc1. The summed E-state index contributed by atoms with van der Waals surface area (Å²) in [5.74, 6) is 0. The Bertz CT molecular complexity index is 3190. The number of allylic oxidation sites excluding steroid dienone is 13. The summed E-state index contributed by atoms with van der Waals surface area (Å²) in [4.78, 5) is 7.75. The summed E-state index contributed by atoms with van der Waals surface area (Å²) in [5.41, 5.74) is 18.3. The molecule has 4 unspecified atom stereocenters. The van der Waals surface area contributed by atoms with Crippen molar-refractivity contribution >= 4 is 50.1 Å². The van der Waals surface area contributed by atoms with E-state index in [4.69, 9.17) is 0 Å². The Labute approximate surface area is 389 Å². The molecule has 0 radical (unpaired) electrons. The maximum atomic E-state index is 2.67. The number of benzene rings is 5. The molecule has 2 heterocycles. The van der Waals surface area contributed by atoms with Crippen LogP contribution in [0.3, 0.4) is 0 Å². The zero-order valence-corrected chi connectivity index (χ0v) is 38.0. The van der Waals surface area contributed by atoms with E-state index in [9.17, 15) is 0 Å². The van der Waals surface area contributed by atoms with E-state index in [1.165, 1.54) is 89.4 Å². The standard InChI is InChI=1S/C62H56N4/c1-43-21-29-49(30-22-43)63(53-37-39-61-57(41-53)55-17-9-11-19-59(55)65(61)47-13-5-3-6-14-47)51-33-25-45(26-34-51)46-27-35-52(36-28-46)64(50-31-23-44(2)24-32-50)54-38-40-62-58(42-54)56-18-10-12-20-60(56)66(62)48-15-7-4-8-16-48/h3-13,15,17-27,29-33,35,37-39,41-42,47-48,51,62H,14,16,28,34,36,40H2,1-2H3. The van der Waals surface area contributed by atoms with Crippen molar-refractivity contribution in [1.29, 1.82) is 0 Å². The average molecular weight is 857 g/mol. The molecule has 5 aromatic carbocycles. The van der Waals surface area contributed by atoms with Crippen LogP contribution in [0.15, 0.2) is 229 Å². The molecule has 0 bridgehead atoms.